The Bertz CT molecular complexity index is 406. The lowest BCUT2D eigenvalue weighted by molar-refractivity contribution is 0.174. The molecule has 0 saturated carbocycles. The Balaban J connectivity index is 2.13. The van der Waals surface area contributed by atoms with E-state index in [4.69, 9.17) is 13.6 Å². The normalized spacial score (nSPS) is 19.6. The van der Waals surface area contributed by atoms with Crippen LogP contribution in [0.4, 0.5) is 0 Å². The minimum absolute atomic E-state index is 0.230. The highest BCUT2D eigenvalue weighted by molar-refractivity contribution is 5.44. The molecule has 1 aliphatic heterocycles. The maximum Gasteiger partial charge on any atom is 0.231 e. The summed E-state index contributed by atoms with van der Waals surface area (Å²) in [5, 5.41) is 2.82. The van der Waals surface area contributed by atoms with Gasteiger partial charge in [-0.2, -0.15) is 0 Å². The predicted molar refractivity (Wildman–Crippen MR) is 54.8 cm³/mol. The third-order valence-electron chi connectivity index (χ3n) is 2.23. The van der Waals surface area contributed by atoms with Crippen molar-refractivity contribution in [1.82, 2.24) is 5.32 Å². The molecule has 3 nitrogen and oxygen atoms in total. The number of benzene rings is 1. The number of likely N-dealkylation sites (N-methyl/N-ethyl adjacent to an activating group) is 1. The molecule has 0 spiro atoms. The molecular weight excluding hydrogens is 178 g/mol. The Morgan fingerprint density at radius 2 is 2.36 bits per heavy atom. The summed E-state index contributed by atoms with van der Waals surface area (Å²) in [7, 11) is 1.66. The van der Waals surface area contributed by atoms with Gasteiger partial charge in [-0.3, -0.25) is 0 Å². The fraction of sp³-hybridized carbons (Fsp3) is 0.455. The third-order valence-corrected chi connectivity index (χ3v) is 2.23. The highest BCUT2D eigenvalue weighted by Gasteiger charge is 2.13. The largest absolute Gasteiger partial charge is 0.454 e. The SMILES string of the molecule is [2H]C([2H])([2H])C(Cc1ccc2c(c1)OCO2)NC. The molecule has 0 radical (unpaired) electrons. The molecule has 2 rings (SSSR count). The quantitative estimate of drug-likeness (QED) is 0.796. The molecule has 76 valence electrons. The molecule has 0 fully saturated rings. The first-order chi connectivity index (χ1) is 8.00. The van der Waals surface area contributed by atoms with Crippen molar-refractivity contribution in [3.8, 4) is 11.5 Å². The third kappa shape index (κ3) is 1.82. The lowest BCUT2D eigenvalue weighted by Gasteiger charge is -2.09. The molecule has 3 heteroatoms. The molecule has 1 aromatic rings. The monoisotopic (exact) mass is 196 g/mol. The van der Waals surface area contributed by atoms with E-state index in [2.05, 4.69) is 5.32 Å². The van der Waals surface area contributed by atoms with E-state index in [1.807, 2.05) is 18.2 Å². The second kappa shape index (κ2) is 3.88. The summed E-state index contributed by atoms with van der Waals surface area (Å²) >= 11 is 0. The number of rotatable bonds is 3. The van der Waals surface area contributed by atoms with Crippen molar-refractivity contribution in [2.45, 2.75) is 19.3 Å². The summed E-state index contributed by atoms with van der Waals surface area (Å²) in [5.74, 6) is 1.39. The Morgan fingerprint density at radius 3 is 3.14 bits per heavy atom. The van der Waals surface area contributed by atoms with Crippen molar-refractivity contribution in [3.63, 3.8) is 0 Å². The molecule has 0 aliphatic carbocycles. The van der Waals surface area contributed by atoms with Gasteiger partial charge in [-0.15, -0.1) is 0 Å². The second-order valence-electron chi connectivity index (χ2n) is 3.23. The highest BCUT2D eigenvalue weighted by atomic mass is 16.7. The minimum Gasteiger partial charge on any atom is -0.454 e. The molecule has 1 heterocycles. The van der Waals surface area contributed by atoms with Crippen LogP contribution in [0.25, 0.3) is 0 Å². The van der Waals surface area contributed by atoms with Crippen LogP contribution in [0.15, 0.2) is 18.2 Å². The van der Waals surface area contributed by atoms with Gasteiger partial charge in [0.15, 0.2) is 11.5 Å². The molecule has 0 amide bonds. The zero-order valence-electron chi connectivity index (χ0n) is 11.0. The Kier molecular flexibility index (Phi) is 1.75. The van der Waals surface area contributed by atoms with Crippen LogP contribution in [0, 0.1) is 0 Å². The van der Waals surface area contributed by atoms with Gasteiger partial charge in [0.1, 0.15) is 0 Å². The van der Waals surface area contributed by atoms with Gasteiger partial charge in [-0.05, 0) is 38.0 Å². The van der Waals surface area contributed by atoms with Crippen molar-refractivity contribution < 1.29 is 13.6 Å². The van der Waals surface area contributed by atoms with Crippen LogP contribution in [0.2, 0.25) is 0 Å². The average molecular weight is 196 g/mol. The van der Waals surface area contributed by atoms with Gasteiger partial charge >= 0.3 is 0 Å². The summed E-state index contributed by atoms with van der Waals surface area (Å²) in [6.07, 6.45) is 0.434. The zero-order chi connectivity index (χ0) is 12.5. The second-order valence-corrected chi connectivity index (χ2v) is 3.23. The van der Waals surface area contributed by atoms with E-state index in [1.165, 1.54) is 0 Å². The van der Waals surface area contributed by atoms with E-state index >= 15 is 0 Å². The fourth-order valence-corrected chi connectivity index (χ4v) is 1.41. The van der Waals surface area contributed by atoms with Crippen LogP contribution < -0.4 is 14.8 Å². The molecule has 1 N–H and O–H groups in total. The van der Waals surface area contributed by atoms with E-state index in [1.54, 1.807) is 7.05 Å². The summed E-state index contributed by atoms with van der Waals surface area (Å²) in [6.45, 7) is -1.78. The van der Waals surface area contributed by atoms with Gasteiger partial charge in [-0.25, -0.2) is 0 Å². The number of hydrogen-bond acceptors (Lipinski definition) is 3. The first-order valence-electron chi connectivity index (χ1n) is 6.06. The maximum atomic E-state index is 7.41. The topological polar surface area (TPSA) is 30.5 Å². The number of fused-ring (bicyclic) bond motifs is 1. The number of hydrogen-bond donors (Lipinski definition) is 1. The average Bonchev–Trinajstić information content (AvgIpc) is 2.71. The predicted octanol–water partition coefficient (Wildman–Crippen LogP) is 1.57. The Labute approximate surface area is 88.2 Å². The van der Waals surface area contributed by atoms with Gasteiger partial charge in [0.2, 0.25) is 6.79 Å². The van der Waals surface area contributed by atoms with Crippen LogP contribution >= 0.6 is 0 Å². The molecule has 0 aromatic heterocycles. The summed E-state index contributed by atoms with van der Waals surface area (Å²) in [5.41, 5.74) is 0.921. The van der Waals surface area contributed by atoms with Gasteiger partial charge in [0.25, 0.3) is 0 Å². The Hall–Kier alpha value is -1.22. The van der Waals surface area contributed by atoms with Gasteiger partial charge in [0.05, 0.1) is 0 Å². The van der Waals surface area contributed by atoms with Crippen LogP contribution in [0.3, 0.4) is 0 Å². The molecule has 1 aliphatic rings. The van der Waals surface area contributed by atoms with Gasteiger partial charge in [-0.1, -0.05) is 6.07 Å². The molecule has 0 bridgehead atoms. The molecular formula is C11H15NO2. The molecule has 1 aromatic carbocycles. The summed E-state index contributed by atoms with van der Waals surface area (Å²) in [4.78, 5) is 0. The number of nitrogens with one attached hydrogen (secondary N) is 1. The van der Waals surface area contributed by atoms with Crippen LogP contribution in [0.5, 0.6) is 11.5 Å². The number of ether oxygens (including phenoxy) is 2. The lowest BCUT2D eigenvalue weighted by Crippen LogP contribution is -2.23. The highest BCUT2D eigenvalue weighted by Crippen LogP contribution is 2.32. The van der Waals surface area contributed by atoms with Gasteiger partial charge < -0.3 is 14.8 Å². The van der Waals surface area contributed by atoms with E-state index in [0.717, 1.165) is 5.56 Å². The van der Waals surface area contributed by atoms with Gasteiger partial charge in [0, 0.05) is 10.2 Å². The molecule has 1 unspecified atom stereocenters. The van der Waals surface area contributed by atoms with Crippen LogP contribution in [-0.4, -0.2) is 19.9 Å². The summed E-state index contributed by atoms with van der Waals surface area (Å²) < 4.78 is 32.7. The van der Waals surface area contributed by atoms with Crippen molar-refractivity contribution in [2.24, 2.45) is 0 Å². The van der Waals surface area contributed by atoms with E-state index in [0.29, 0.717) is 17.9 Å². The van der Waals surface area contributed by atoms with Crippen LogP contribution in [-0.2, 0) is 6.42 Å². The lowest BCUT2D eigenvalue weighted by atomic mass is 10.1. The Morgan fingerprint density at radius 1 is 1.50 bits per heavy atom. The molecule has 0 saturated heterocycles. The molecule has 14 heavy (non-hydrogen) atoms. The van der Waals surface area contributed by atoms with Crippen LogP contribution in [0.1, 0.15) is 16.5 Å². The maximum absolute atomic E-state index is 7.41. The fourth-order valence-electron chi connectivity index (χ4n) is 1.41. The summed E-state index contributed by atoms with van der Waals surface area (Å²) in [6, 6.07) is 4.95. The minimum atomic E-state index is -2.01. The van der Waals surface area contributed by atoms with Crippen molar-refractivity contribution in [2.75, 3.05) is 13.8 Å². The zero-order valence-corrected chi connectivity index (χ0v) is 8.04. The van der Waals surface area contributed by atoms with Crippen molar-refractivity contribution >= 4 is 0 Å². The van der Waals surface area contributed by atoms with Crippen molar-refractivity contribution in [1.29, 1.82) is 0 Å². The molecule has 1 atom stereocenters. The van der Waals surface area contributed by atoms with E-state index < -0.39 is 12.9 Å². The first-order valence-corrected chi connectivity index (χ1v) is 4.56. The smallest absolute Gasteiger partial charge is 0.231 e. The van der Waals surface area contributed by atoms with E-state index in [-0.39, 0.29) is 6.79 Å². The first kappa shape index (κ1) is 6.30. The van der Waals surface area contributed by atoms with E-state index in [9.17, 15) is 0 Å². The van der Waals surface area contributed by atoms with Crippen molar-refractivity contribution in [3.05, 3.63) is 23.8 Å². The standard InChI is InChI=1S/C11H15NO2/c1-8(12-2)5-9-3-4-10-11(6-9)14-7-13-10/h3-4,6,8,12H,5,7H2,1-2H3/i1D3.